The van der Waals surface area contributed by atoms with Crippen LogP contribution in [0.4, 0.5) is 13.2 Å². The van der Waals surface area contributed by atoms with Gasteiger partial charge in [-0.1, -0.05) is 29.3 Å². The van der Waals surface area contributed by atoms with Gasteiger partial charge < -0.3 is 4.57 Å². The lowest BCUT2D eigenvalue weighted by molar-refractivity contribution is -0.137. The molecule has 7 heteroatoms. The molecule has 0 bridgehead atoms. The van der Waals surface area contributed by atoms with Crippen LogP contribution in [-0.4, -0.2) is 10.4 Å². The van der Waals surface area contributed by atoms with Crippen molar-refractivity contribution >= 4 is 39.9 Å². The lowest BCUT2D eigenvalue weighted by Gasteiger charge is -2.10. The first-order valence-electron chi connectivity index (χ1n) is 7.27. The number of fused-ring (bicyclic) bond motifs is 1. The number of alkyl halides is 3. The number of rotatable bonds is 2. The number of carbonyl (C=O) groups excluding carboxylic acids is 1. The second kappa shape index (κ2) is 6.07. The molecule has 0 spiro atoms. The molecular weight excluding hydrogens is 374 g/mol. The zero-order valence-electron chi connectivity index (χ0n) is 13.2. The second-order valence-electron chi connectivity index (χ2n) is 5.74. The van der Waals surface area contributed by atoms with Gasteiger partial charge in [0.15, 0.2) is 0 Å². The van der Waals surface area contributed by atoms with Crippen molar-refractivity contribution in [2.75, 3.05) is 0 Å². The van der Waals surface area contributed by atoms with E-state index in [1.807, 2.05) is 0 Å². The number of hydrogen-bond donors (Lipinski definition) is 0. The average Bonchev–Trinajstić information content (AvgIpc) is 2.84. The van der Waals surface area contributed by atoms with Gasteiger partial charge in [0.1, 0.15) is 0 Å². The number of aromatic nitrogens is 1. The number of halogens is 5. The third-order valence-electron chi connectivity index (χ3n) is 4.12. The lowest BCUT2D eigenvalue weighted by Crippen LogP contribution is -2.09. The Morgan fingerprint density at radius 3 is 2.24 bits per heavy atom. The highest BCUT2D eigenvalue weighted by Crippen LogP contribution is 2.35. The molecule has 0 radical (unpaired) electrons. The Bertz CT molecular complexity index is 985. The van der Waals surface area contributed by atoms with E-state index >= 15 is 0 Å². The fourth-order valence-electron chi connectivity index (χ4n) is 2.83. The molecule has 0 saturated heterocycles. The van der Waals surface area contributed by atoms with Gasteiger partial charge in [0.25, 0.3) is 0 Å². The van der Waals surface area contributed by atoms with Crippen LogP contribution in [0.1, 0.15) is 27.2 Å². The molecule has 0 fully saturated rings. The summed E-state index contributed by atoms with van der Waals surface area (Å²) in [5, 5.41) is 0.952. The number of ketones is 1. The van der Waals surface area contributed by atoms with E-state index in [-0.39, 0.29) is 21.3 Å². The molecule has 0 aliphatic carbocycles. The summed E-state index contributed by atoms with van der Waals surface area (Å²) >= 11 is 12.2. The first-order chi connectivity index (χ1) is 11.6. The van der Waals surface area contributed by atoms with Gasteiger partial charge in [-0.15, -0.1) is 0 Å². The van der Waals surface area contributed by atoms with E-state index in [0.29, 0.717) is 16.5 Å². The Balaban J connectivity index is 2.23. The second-order valence-corrected chi connectivity index (χ2v) is 6.55. The molecule has 2 aromatic carbocycles. The van der Waals surface area contributed by atoms with E-state index in [1.165, 1.54) is 16.7 Å². The van der Waals surface area contributed by atoms with Gasteiger partial charge in [-0.3, -0.25) is 4.79 Å². The summed E-state index contributed by atoms with van der Waals surface area (Å²) in [4.78, 5) is 12.9. The lowest BCUT2D eigenvalue weighted by atomic mass is 10.1. The van der Waals surface area contributed by atoms with Gasteiger partial charge in [0.2, 0.25) is 5.78 Å². The van der Waals surface area contributed by atoms with E-state index in [2.05, 4.69) is 0 Å². The minimum atomic E-state index is -4.46. The molecule has 2 nitrogen and oxygen atoms in total. The minimum absolute atomic E-state index is 0.130. The third-order valence-corrected chi connectivity index (χ3v) is 4.75. The molecule has 0 amide bonds. The number of nitrogens with zero attached hydrogens (tertiary/aromatic N) is 1. The Morgan fingerprint density at radius 2 is 1.68 bits per heavy atom. The molecule has 0 atom stereocenters. The summed E-state index contributed by atoms with van der Waals surface area (Å²) < 4.78 is 40.6. The Hall–Kier alpha value is -1.98. The number of carbonyl (C=O) groups is 1. The first-order valence-corrected chi connectivity index (χ1v) is 8.03. The van der Waals surface area contributed by atoms with Crippen molar-refractivity contribution in [3.05, 3.63) is 68.8 Å². The highest BCUT2D eigenvalue weighted by molar-refractivity contribution is 6.41. The quantitative estimate of drug-likeness (QED) is 0.492. The van der Waals surface area contributed by atoms with Crippen molar-refractivity contribution in [3.63, 3.8) is 0 Å². The van der Waals surface area contributed by atoms with Crippen LogP contribution in [-0.2, 0) is 13.2 Å². The highest BCUT2D eigenvalue weighted by atomic mass is 35.5. The Kier molecular flexibility index (Phi) is 4.33. The maximum absolute atomic E-state index is 13.1. The highest BCUT2D eigenvalue weighted by Gasteiger charge is 2.32. The first kappa shape index (κ1) is 17.8. The number of benzene rings is 2. The summed E-state index contributed by atoms with van der Waals surface area (Å²) in [5.74, 6) is -0.442. The smallest absolute Gasteiger partial charge is 0.341 e. The molecule has 0 aliphatic heterocycles. The standard InChI is InChI=1S/C18H12Cl2F3NO/c1-9-6-10(18(21,22)23)7-14-11(9)8-15(24(14)2)17(25)16-12(19)4-3-5-13(16)20/h3-8H,1-2H3. The molecule has 0 N–H and O–H groups in total. The van der Waals surface area contributed by atoms with Crippen molar-refractivity contribution in [1.82, 2.24) is 4.57 Å². The van der Waals surface area contributed by atoms with Gasteiger partial charge in [0.05, 0.1) is 26.9 Å². The van der Waals surface area contributed by atoms with Crippen LogP contribution < -0.4 is 0 Å². The van der Waals surface area contributed by atoms with E-state index in [9.17, 15) is 18.0 Å². The summed E-state index contributed by atoms with van der Waals surface area (Å²) in [5.41, 5.74) is 0.343. The maximum Gasteiger partial charge on any atom is 0.416 e. The van der Waals surface area contributed by atoms with Crippen LogP contribution in [0.15, 0.2) is 36.4 Å². The summed E-state index contributed by atoms with van der Waals surface area (Å²) in [6.07, 6.45) is -4.46. The largest absolute Gasteiger partial charge is 0.416 e. The van der Waals surface area contributed by atoms with E-state index < -0.39 is 17.5 Å². The van der Waals surface area contributed by atoms with Gasteiger partial charge in [0, 0.05) is 18.0 Å². The molecular formula is C18H12Cl2F3NO. The fraction of sp³-hybridized carbons (Fsp3) is 0.167. The van der Waals surface area contributed by atoms with Crippen molar-refractivity contribution in [3.8, 4) is 0 Å². The average molecular weight is 386 g/mol. The number of aryl methyl sites for hydroxylation is 2. The van der Waals surface area contributed by atoms with Crippen molar-refractivity contribution in [2.45, 2.75) is 13.1 Å². The molecule has 1 aromatic heterocycles. The molecule has 1 heterocycles. The number of hydrogen-bond acceptors (Lipinski definition) is 1. The summed E-state index contributed by atoms with van der Waals surface area (Å²) in [6.45, 7) is 1.58. The third kappa shape index (κ3) is 3.02. The maximum atomic E-state index is 13.1. The Morgan fingerprint density at radius 1 is 1.08 bits per heavy atom. The van der Waals surface area contributed by atoms with Crippen LogP contribution in [0, 0.1) is 6.92 Å². The zero-order chi connectivity index (χ0) is 18.5. The molecule has 3 rings (SSSR count). The Labute approximate surface area is 151 Å². The van der Waals surface area contributed by atoms with Crippen LogP contribution in [0.3, 0.4) is 0 Å². The van der Waals surface area contributed by atoms with Crippen molar-refractivity contribution in [1.29, 1.82) is 0 Å². The van der Waals surface area contributed by atoms with Gasteiger partial charge >= 0.3 is 6.18 Å². The van der Waals surface area contributed by atoms with Gasteiger partial charge in [-0.25, -0.2) is 0 Å². The zero-order valence-corrected chi connectivity index (χ0v) is 14.7. The minimum Gasteiger partial charge on any atom is -0.341 e. The van der Waals surface area contributed by atoms with Crippen LogP contribution in [0.5, 0.6) is 0 Å². The predicted molar refractivity (Wildman–Crippen MR) is 92.6 cm³/mol. The normalized spacial score (nSPS) is 12.0. The topological polar surface area (TPSA) is 22.0 Å². The van der Waals surface area contributed by atoms with E-state index in [0.717, 1.165) is 12.1 Å². The van der Waals surface area contributed by atoms with E-state index in [4.69, 9.17) is 23.2 Å². The van der Waals surface area contributed by atoms with Crippen molar-refractivity contribution < 1.29 is 18.0 Å². The van der Waals surface area contributed by atoms with Gasteiger partial charge in [-0.2, -0.15) is 13.2 Å². The van der Waals surface area contributed by atoms with Crippen LogP contribution in [0.25, 0.3) is 10.9 Å². The van der Waals surface area contributed by atoms with E-state index in [1.54, 1.807) is 26.1 Å². The SMILES string of the molecule is Cc1cc(C(F)(F)F)cc2c1cc(C(=O)c1c(Cl)cccc1Cl)n2C. The summed E-state index contributed by atoms with van der Waals surface area (Å²) in [7, 11) is 1.54. The fourth-order valence-corrected chi connectivity index (χ4v) is 3.40. The molecule has 3 aromatic rings. The van der Waals surface area contributed by atoms with Crippen LogP contribution in [0.2, 0.25) is 10.0 Å². The molecule has 25 heavy (non-hydrogen) atoms. The monoisotopic (exact) mass is 385 g/mol. The van der Waals surface area contributed by atoms with Crippen molar-refractivity contribution in [2.24, 2.45) is 7.05 Å². The van der Waals surface area contributed by atoms with Gasteiger partial charge in [-0.05, 0) is 42.8 Å². The summed E-state index contributed by atoms with van der Waals surface area (Å²) in [6, 6.07) is 8.36. The molecule has 0 aliphatic rings. The predicted octanol–water partition coefficient (Wildman–Crippen LogP) is 6.04. The van der Waals surface area contributed by atoms with Crippen LogP contribution >= 0.6 is 23.2 Å². The molecule has 130 valence electrons. The molecule has 0 unspecified atom stereocenters. The molecule has 0 saturated carbocycles.